The average Bonchev–Trinajstić information content (AvgIpc) is 1.97. The van der Waals surface area contributed by atoms with Crippen molar-refractivity contribution >= 4 is 5.97 Å². The highest BCUT2D eigenvalue weighted by Crippen LogP contribution is 2.44. The molecule has 0 radical (unpaired) electrons. The molecule has 0 aromatic rings. The number of rotatable bonds is 3. The lowest BCUT2D eigenvalue weighted by molar-refractivity contribution is -0.166. The SMILES string of the molecule is C=CCC1(C(=O)OC(C)(C)C)C=C(F)C1. The number of ether oxygens (including phenoxy) is 1. The van der Waals surface area contributed by atoms with Gasteiger partial charge in [-0.2, -0.15) is 0 Å². The lowest BCUT2D eigenvalue weighted by atomic mass is 9.72. The van der Waals surface area contributed by atoms with E-state index in [9.17, 15) is 9.18 Å². The topological polar surface area (TPSA) is 26.3 Å². The van der Waals surface area contributed by atoms with Crippen molar-refractivity contribution in [3.8, 4) is 0 Å². The van der Waals surface area contributed by atoms with E-state index in [2.05, 4.69) is 6.58 Å². The van der Waals surface area contributed by atoms with Crippen molar-refractivity contribution in [3.63, 3.8) is 0 Å². The lowest BCUT2D eigenvalue weighted by Crippen LogP contribution is -2.40. The molecule has 0 amide bonds. The van der Waals surface area contributed by atoms with Gasteiger partial charge in [0, 0.05) is 6.42 Å². The maximum atomic E-state index is 12.7. The Morgan fingerprint density at radius 3 is 2.60 bits per heavy atom. The Bertz CT molecular complexity index is 312. The van der Waals surface area contributed by atoms with Gasteiger partial charge in [0.25, 0.3) is 0 Å². The summed E-state index contributed by atoms with van der Waals surface area (Å²) in [6, 6.07) is 0. The summed E-state index contributed by atoms with van der Waals surface area (Å²) < 4.78 is 18.0. The number of allylic oxidation sites excluding steroid dienone is 2. The van der Waals surface area contributed by atoms with Crippen LogP contribution in [0.1, 0.15) is 33.6 Å². The molecule has 2 nitrogen and oxygen atoms in total. The van der Waals surface area contributed by atoms with Crippen LogP contribution < -0.4 is 0 Å². The molecule has 0 heterocycles. The van der Waals surface area contributed by atoms with Gasteiger partial charge in [0.15, 0.2) is 0 Å². The minimum absolute atomic E-state index is 0.133. The summed E-state index contributed by atoms with van der Waals surface area (Å²) in [5.74, 6) is -0.612. The normalized spacial score (nSPS) is 25.2. The monoisotopic (exact) mass is 212 g/mol. The Morgan fingerprint density at radius 1 is 1.73 bits per heavy atom. The highest BCUT2D eigenvalue weighted by atomic mass is 19.1. The van der Waals surface area contributed by atoms with Crippen LogP contribution in [0.4, 0.5) is 4.39 Å². The van der Waals surface area contributed by atoms with Gasteiger partial charge in [0.05, 0.1) is 11.2 Å². The molecule has 0 aromatic carbocycles. The molecule has 1 aliphatic rings. The summed E-state index contributed by atoms with van der Waals surface area (Å²) in [5, 5.41) is 0. The molecule has 0 bridgehead atoms. The van der Waals surface area contributed by atoms with Gasteiger partial charge in [-0.3, -0.25) is 4.79 Å². The Morgan fingerprint density at radius 2 is 2.27 bits per heavy atom. The predicted octanol–water partition coefficient (Wildman–Crippen LogP) is 3.15. The van der Waals surface area contributed by atoms with Gasteiger partial charge < -0.3 is 4.74 Å². The van der Waals surface area contributed by atoms with Crippen molar-refractivity contribution in [1.82, 2.24) is 0 Å². The van der Waals surface area contributed by atoms with Crippen LogP contribution in [0, 0.1) is 5.41 Å². The molecule has 3 heteroatoms. The maximum Gasteiger partial charge on any atom is 0.317 e. The largest absolute Gasteiger partial charge is 0.459 e. The van der Waals surface area contributed by atoms with E-state index >= 15 is 0 Å². The van der Waals surface area contributed by atoms with Crippen molar-refractivity contribution in [1.29, 1.82) is 0 Å². The van der Waals surface area contributed by atoms with Gasteiger partial charge in [0.1, 0.15) is 5.60 Å². The van der Waals surface area contributed by atoms with E-state index in [1.165, 1.54) is 6.08 Å². The number of carbonyl (C=O) groups is 1. The first-order chi connectivity index (χ1) is 6.79. The van der Waals surface area contributed by atoms with Gasteiger partial charge in [-0.05, 0) is 33.3 Å². The molecule has 0 aromatic heterocycles. The van der Waals surface area contributed by atoms with Gasteiger partial charge in [-0.25, -0.2) is 4.39 Å². The van der Waals surface area contributed by atoms with Crippen LogP contribution in [0.3, 0.4) is 0 Å². The van der Waals surface area contributed by atoms with Crippen LogP contribution in [0.15, 0.2) is 24.6 Å². The fourth-order valence-corrected chi connectivity index (χ4v) is 1.55. The van der Waals surface area contributed by atoms with E-state index in [-0.39, 0.29) is 18.2 Å². The molecule has 84 valence electrons. The molecule has 1 rings (SSSR count). The summed E-state index contributed by atoms with van der Waals surface area (Å²) in [6.07, 6.45) is 3.51. The van der Waals surface area contributed by atoms with Gasteiger partial charge in [-0.1, -0.05) is 6.08 Å². The van der Waals surface area contributed by atoms with Crippen molar-refractivity contribution in [2.24, 2.45) is 5.41 Å². The molecule has 0 saturated heterocycles. The third-order valence-electron chi connectivity index (χ3n) is 2.23. The van der Waals surface area contributed by atoms with E-state index in [0.717, 1.165) is 0 Å². The third kappa shape index (κ3) is 2.67. The van der Waals surface area contributed by atoms with Crippen LogP contribution >= 0.6 is 0 Å². The minimum Gasteiger partial charge on any atom is -0.459 e. The van der Waals surface area contributed by atoms with Crippen LogP contribution in [-0.2, 0) is 9.53 Å². The molecular formula is C12H17FO2. The lowest BCUT2D eigenvalue weighted by Gasteiger charge is -2.36. The van der Waals surface area contributed by atoms with E-state index in [1.54, 1.807) is 26.8 Å². The zero-order valence-corrected chi connectivity index (χ0v) is 9.47. The molecule has 1 unspecified atom stereocenters. The molecule has 0 aliphatic heterocycles. The Labute approximate surface area is 89.8 Å². The van der Waals surface area contributed by atoms with E-state index in [1.807, 2.05) is 0 Å². The quantitative estimate of drug-likeness (QED) is 0.530. The van der Waals surface area contributed by atoms with Gasteiger partial charge >= 0.3 is 5.97 Å². The smallest absolute Gasteiger partial charge is 0.317 e. The molecule has 1 atom stereocenters. The molecule has 0 fully saturated rings. The number of esters is 1. The second-order valence-electron chi connectivity index (χ2n) is 4.92. The van der Waals surface area contributed by atoms with Crippen LogP contribution in [0.5, 0.6) is 0 Å². The summed E-state index contributed by atoms with van der Waals surface area (Å²) in [7, 11) is 0. The molecule has 0 spiro atoms. The molecule has 15 heavy (non-hydrogen) atoms. The molecular weight excluding hydrogens is 195 g/mol. The Hall–Kier alpha value is -1.12. The van der Waals surface area contributed by atoms with E-state index in [0.29, 0.717) is 6.42 Å². The highest BCUT2D eigenvalue weighted by Gasteiger charge is 2.46. The van der Waals surface area contributed by atoms with Gasteiger partial charge in [-0.15, -0.1) is 6.58 Å². The van der Waals surface area contributed by atoms with E-state index < -0.39 is 11.0 Å². The van der Waals surface area contributed by atoms with Crippen LogP contribution in [0.25, 0.3) is 0 Å². The van der Waals surface area contributed by atoms with Crippen molar-refractivity contribution in [2.45, 2.75) is 39.2 Å². The van der Waals surface area contributed by atoms with Crippen molar-refractivity contribution in [3.05, 3.63) is 24.6 Å². The first-order valence-electron chi connectivity index (χ1n) is 5.01. The zero-order chi connectivity index (χ0) is 11.7. The molecule has 0 saturated carbocycles. The van der Waals surface area contributed by atoms with Crippen LogP contribution in [0.2, 0.25) is 0 Å². The number of hydrogen-bond acceptors (Lipinski definition) is 2. The second-order valence-corrected chi connectivity index (χ2v) is 4.92. The fourth-order valence-electron chi connectivity index (χ4n) is 1.55. The van der Waals surface area contributed by atoms with Crippen molar-refractivity contribution in [2.75, 3.05) is 0 Å². The molecule has 1 aliphatic carbocycles. The first kappa shape index (κ1) is 12.0. The summed E-state index contributed by atoms with van der Waals surface area (Å²) in [4.78, 5) is 11.8. The molecule has 0 N–H and O–H groups in total. The average molecular weight is 212 g/mol. The zero-order valence-electron chi connectivity index (χ0n) is 9.47. The highest BCUT2D eigenvalue weighted by molar-refractivity contribution is 5.82. The Kier molecular flexibility index (Phi) is 3.03. The maximum absolute atomic E-state index is 12.7. The van der Waals surface area contributed by atoms with Crippen LogP contribution in [-0.4, -0.2) is 11.6 Å². The minimum atomic E-state index is -0.806. The third-order valence-corrected chi connectivity index (χ3v) is 2.23. The van der Waals surface area contributed by atoms with E-state index in [4.69, 9.17) is 4.74 Å². The Balaban J connectivity index is 2.76. The van der Waals surface area contributed by atoms with Gasteiger partial charge in [0.2, 0.25) is 0 Å². The number of hydrogen-bond donors (Lipinski definition) is 0. The first-order valence-corrected chi connectivity index (χ1v) is 5.01. The number of carbonyl (C=O) groups excluding carboxylic acids is 1. The summed E-state index contributed by atoms with van der Waals surface area (Å²) in [6.45, 7) is 8.96. The van der Waals surface area contributed by atoms with Crippen molar-refractivity contribution < 1.29 is 13.9 Å². The number of halogens is 1. The summed E-state index contributed by atoms with van der Waals surface area (Å²) in [5.41, 5.74) is -1.34. The standard InChI is InChI=1S/C12H17FO2/c1-5-6-12(7-9(13)8-12)10(14)15-11(2,3)4/h5,7H,1,6,8H2,2-4H3. The predicted molar refractivity (Wildman–Crippen MR) is 56.9 cm³/mol. The second kappa shape index (κ2) is 3.80. The summed E-state index contributed by atoms with van der Waals surface area (Å²) >= 11 is 0. The fraction of sp³-hybridized carbons (Fsp3) is 0.583.